The van der Waals surface area contributed by atoms with Crippen LogP contribution in [0.3, 0.4) is 0 Å². The van der Waals surface area contributed by atoms with Gasteiger partial charge in [-0.2, -0.15) is 0 Å². The van der Waals surface area contributed by atoms with E-state index in [1.165, 1.54) is 18.4 Å². The molecule has 2 unspecified atom stereocenters. The van der Waals surface area contributed by atoms with E-state index in [0.717, 1.165) is 17.0 Å². The Hall–Kier alpha value is -0.0500. The first-order valence-electron chi connectivity index (χ1n) is 6.10. The zero-order valence-electron chi connectivity index (χ0n) is 10.5. The molecule has 1 aromatic rings. The van der Waals surface area contributed by atoms with Crippen molar-refractivity contribution in [1.82, 2.24) is 0 Å². The molecule has 0 saturated carbocycles. The summed E-state index contributed by atoms with van der Waals surface area (Å²) in [7, 11) is 0. The molecule has 0 aliphatic rings. The monoisotopic (exact) mass is 318 g/mol. The van der Waals surface area contributed by atoms with E-state index in [1.54, 1.807) is 0 Å². The standard InChI is InChI=1S/C14H20BrClO/c1-3-4-11(2)10-17-14(9-15)12-5-7-13(16)8-6-12/h5-8,11,14H,3-4,9-10H2,1-2H3. The Morgan fingerprint density at radius 3 is 2.47 bits per heavy atom. The van der Waals surface area contributed by atoms with Crippen molar-refractivity contribution in [2.75, 3.05) is 11.9 Å². The highest BCUT2D eigenvalue weighted by Crippen LogP contribution is 2.23. The van der Waals surface area contributed by atoms with E-state index in [1.807, 2.05) is 24.3 Å². The van der Waals surface area contributed by atoms with Gasteiger partial charge in [0.05, 0.1) is 6.10 Å². The second kappa shape index (κ2) is 8.12. The fourth-order valence-electron chi connectivity index (χ4n) is 1.76. The number of alkyl halides is 1. The van der Waals surface area contributed by atoms with Gasteiger partial charge in [-0.05, 0) is 30.0 Å². The van der Waals surface area contributed by atoms with Crippen molar-refractivity contribution in [3.8, 4) is 0 Å². The molecule has 2 atom stereocenters. The Morgan fingerprint density at radius 1 is 1.29 bits per heavy atom. The van der Waals surface area contributed by atoms with Crippen LogP contribution in [0.1, 0.15) is 38.4 Å². The lowest BCUT2D eigenvalue weighted by Gasteiger charge is -2.19. The molecule has 0 aliphatic carbocycles. The summed E-state index contributed by atoms with van der Waals surface area (Å²) in [4.78, 5) is 0. The van der Waals surface area contributed by atoms with Gasteiger partial charge in [0.25, 0.3) is 0 Å². The third-order valence-electron chi connectivity index (χ3n) is 2.75. The molecule has 0 saturated heterocycles. The first kappa shape index (κ1) is 15.0. The van der Waals surface area contributed by atoms with Crippen LogP contribution in [0.15, 0.2) is 24.3 Å². The Bertz CT molecular complexity index is 313. The molecule has 0 bridgehead atoms. The highest BCUT2D eigenvalue weighted by atomic mass is 79.9. The topological polar surface area (TPSA) is 9.23 Å². The Labute approximate surface area is 118 Å². The van der Waals surface area contributed by atoms with Gasteiger partial charge in [0.15, 0.2) is 0 Å². The number of hydrogen-bond acceptors (Lipinski definition) is 1. The van der Waals surface area contributed by atoms with Crippen LogP contribution in [0.4, 0.5) is 0 Å². The van der Waals surface area contributed by atoms with Gasteiger partial charge >= 0.3 is 0 Å². The second-order valence-electron chi connectivity index (χ2n) is 4.42. The van der Waals surface area contributed by atoms with E-state index >= 15 is 0 Å². The summed E-state index contributed by atoms with van der Waals surface area (Å²) in [5, 5.41) is 1.58. The predicted octanol–water partition coefficient (Wildman–Crippen LogP) is 5.23. The summed E-state index contributed by atoms with van der Waals surface area (Å²) in [5.74, 6) is 0.619. The normalized spacial score (nSPS) is 14.6. The fraction of sp³-hybridized carbons (Fsp3) is 0.571. The highest BCUT2D eigenvalue weighted by molar-refractivity contribution is 9.09. The maximum Gasteiger partial charge on any atom is 0.0921 e. The van der Waals surface area contributed by atoms with E-state index in [0.29, 0.717) is 5.92 Å². The van der Waals surface area contributed by atoms with Crippen molar-refractivity contribution in [2.45, 2.75) is 32.8 Å². The van der Waals surface area contributed by atoms with Gasteiger partial charge in [0, 0.05) is 17.0 Å². The van der Waals surface area contributed by atoms with Gasteiger partial charge in [0.1, 0.15) is 0 Å². The molecule has 0 spiro atoms. The predicted molar refractivity (Wildman–Crippen MR) is 78.0 cm³/mol. The van der Waals surface area contributed by atoms with Gasteiger partial charge in [-0.25, -0.2) is 0 Å². The van der Waals surface area contributed by atoms with Crippen molar-refractivity contribution < 1.29 is 4.74 Å². The van der Waals surface area contributed by atoms with Gasteiger partial charge in [-0.3, -0.25) is 0 Å². The van der Waals surface area contributed by atoms with E-state index in [-0.39, 0.29) is 6.10 Å². The average molecular weight is 320 g/mol. The molecular weight excluding hydrogens is 300 g/mol. The zero-order valence-corrected chi connectivity index (χ0v) is 12.8. The summed E-state index contributed by atoms with van der Waals surface area (Å²) >= 11 is 9.38. The molecule has 0 N–H and O–H groups in total. The third-order valence-corrected chi connectivity index (χ3v) is 3.59. The number of hydrogen-bond donors (Lipinski definition) is 0. The minimum Gasteiger partial charge on any atom is -0.372 e. The first-order chi connectivity index (χ1) is 8.17. The van der Waals surface area contributed by atoms with Gasteiger partial charge in [0.2, 0.25) is 0 Å². The molecule has 0 fully saturated rings. The molecule has 96 valence electrons. The molecule has 3 heteroatoms. The van der Waals surface area contributed by atoms with Crippen LogP contribution in [0.5, 0.6) is 0 Å². The lowest BCUT2D eigenvalue weighted by Crippen LogP contribution is -2.12. The maximum absolute atomic E-state index is 5.94. The molecule has 0 aromatic heterocycles. The minimum absolute atomic E-state index is 0.117. The molecule has 0 aliphatic heterocycles. The van der Waals surface area contributed by atoms with Gasteiger partial charge in [-0.15, -0.1) is 0 Å². The molecule has 0 amide bonds. The second-order valence-corrected chi connectivity index (χ2v) is 5.51. The van der Waals surface area contributed by atoms with E-state index in [2.05, 4.69) is 29.8 Å². The zero-order chi connectivity index (χ0) is 12.7. The number of halogens is 2. The number of rotatable bonds is 7. The lowest BCUT2D eigenvalue weighted by atomic mass is 10.1. The molecular formula is C14H20BrClO. The van der Waals surface area contributed by atoms with Crippen LogP contribution in [-0.4, -0.2) is 11.9 Å². The Kier molecular flexibility index (Phi) is 7.17. The molecule has 17 heavy (non-hydrogen) atoms. The number of benzene rings is 1. The van der Waals surface area contributed by atoms with E-state index < -0.39 is 0 Å². The summed E-state index contributed by atoms with van der Waals surface area (Å²) in [6, 6.07) is 7.87. The van der Waals surface area contributed by atoms with Crippen LogP contribution >= 0.6 is 27.5 Å². The smallest absolute Gasteiger partial charge is 0.0921 e. The average Bonchev–Trinajstić information content (AvgIpc) is 2.32. The summed E-state index contributed by atoms with van der Waals surface area (Å²) < 4.78 is 5.94. The third kappa shape index (κ3) is 5.41. The first-order valence-corrected chi connectivity index (χ1v) is 7.60. The van der Waals surface area contributed by atoms with Crippen molar-refractivity contribution in [1.29, 1.82) is 0 Å². The van der Waals surface area contributed by atoms with Crippen molar-refractivity contribution >= 4 is 27.5 Å². The molecule has 0 radical (unpaired) electrons. The van der Waals surface area contributed by atoms with Crippen molar-refractivity contribution in [2.24, 2.45) is 5.92 Å². The van der Waals surface area contributed by atoms with Gasteiger partial charge < -0.3 is 4.74 Å². The quantitative estimate of drug-likeness (QED) is 0.625. The maximum atomic E-state index is 5.94. The molecule has 1 nitrogen and oxygen atoms in total. The lowest BCUT2D eigenvalue weighted by molar-refractivity contribution is 0.0449. The van der Waals surface area contributed by atoms with Gasteiger partial charge in [-0.1, -0.05) is 59.9 Å². The van der Waals surface area contributed by atoms with Crippen LogP contribution in [0, 0.1) is 5.92 Å². The van der Waals surface area contributed by atoms with Crippen molar-refractivity contribution in [3.63, 3.8) is 0 Å². The van der Waals surface area contributed by atoms with E-state index in [4.69, 9.17) is 16.3 Å². The summed E-state index contributed by atoms with van der Waals surface area (Å²) in [6.07, 6.45) is 2.55. The Morgan fingerprint density at radius 2 is 1.94 bits per heavy atom. The molecule has 1 aromatic carbocycles. The summed E-state index contributed by atoms with van der Waals surface area (Å²) in [6.45, 7) is 5.25. The minimum atomic E-state index is 0.117. The van der Waals surface area contributed by atoms with Crippen LogP contribution in [-0.2, 0) is 4.74 Å². The summed E-state index contributed by atoms with van der Waals surface area (Å²) in [5.41, 5.74) is 1.18. The fourth-order valence-corrected chi connectivity index (χ4v) is 2.45. The van der Waals surface area contributed by atoms with E-state index in [9.17, 15) is 0 Å². The SMILES string of the molecule is CCCC(C)COC(CBr)c1ccc(Cl)cc1. The van der Waals surface area contributed by atoms with Crippen molar-refractivity contribution in [3.05, 3.63) is 34.9 Å². The van der Waals surface area contributed by atoms with Crippen LogP contribution in [0.25, 0.3) is 0 Å². The largest absolute Gasteiger partial charge is 0.372 e. The molecule has 1 rings (SSSR count). The highest BCUT2D eigenvalue weighted by Gasteiger charge is 2.12. The molecule has 0 heterocycles. The number of ether oxygens (including phenoxy) is 1. The van der Waals surface area contributed by atoms with Crippen LogP contribution < -0.4 is 0 Å². The van der Waals surface area contributed by atoms with Crippen LogP contribution in [0.2, 0.25) is 5.02 Å². The Balaban J connectivity index is 2.51.